The maximum Gasteiger partial charge on any atom is 0.327 e. The normalized spacial score (nSPS) is 11.1. The number of carbonyl (C=O) groups excluding carboxylic acids is 1. The van der Waals surface area contributed by atoms with E-state index in [1.807, 2.05) is 11.5 Å². The topological polar surface area (TPSA) is 101 Å². The van der Waals surface area contributed by atoms with Gasteiger partial charge in [-0.3, -0.25) is 14.8 Å². The minimum Gasteiger partial charge on any atom is -0.322 e. The van der Waals surface area contributed by atoms with E-state index in [4.69, 9.17) is 0 Å². The minimum absolute atomic E-state index is 0.179. The van der Waals surface area contributed by atoms with Crippen molar-refractivity contribution in [3.63, 3.8) is 0 Å². The lowest BCUT2D eigenvalue weighted by Crippen LogP contribution is -2.23. The maximum atomic E-state index is 11.9. The number of nitrogens with one attached hydrogen (secondary N) is 2. The molecule has 0 radical (unpaired) electrons. The molecule has 2 aromatic rings. The van der Waals surface area contributed by atoms with Crippen molar-refractivity contribution in [3.05, 3.63) is 26.7 Å². The van der Waals surface area contributed by atoms with Crippen LogP contribution in [0.15, 0.2) is 9.59 Å². The highest BCUT2D eigenvalue weighted by Gasteiger charge is 2.14. The largest absolute Gasteiger partial charge is 0.327 e. The zero-order chi connectivity index (χ0) is 15.4. The number of hydrogen-bond donors (Lipinski definition) is 2. The second-order valence-electron chi connectivity index (χ2n) is 5.19. The van der Waals surface area contributed by atoms with Gasteiger partial charge in [0.25, 0.3) is 5.56 Å². The third-order valence-electron chi connectivity index (χ3n) is 3.35. The Morgan fingerprint density at radius 2 is 2.00 bits per heavy atom. The molecule has 0 bridgehead atoms. The Morgan fingerprint density at radius 1 is 1.24 bits per heavy atom. The van der Waals surface area contributed by atoms with E-state index in [0.717, 1.165) is 25.1 Å². The van der Waals surface area contributed by atoms with E-state index in [0.29, 0.717) is 30.6 Å². The first-order valence-electron chi connectivity index (χ1n) is 7.24. The first-order valence-corrected chi connectivity index (χ1v) is 7.24. The van der Waals surface area contributed by atoms with E-state index in [9.17, 15) is 14.4 Å². The number of nitrogens with zero attached hydrogens (tertiary/aromatic N) is 2. The molecule has 0 unspecified atom stereocenters. The summed E-state index contributed by atoms with van der Waals surface area (Å²) in [6.45, 7) is 4.27. The van der Waals surface area contributed by atoms with Crippen molar-refractivity contribution in [1.29, 1.82) is 0 Å². The first kappa shape index (κ1) is 15.2. The smallest absolute Gasteiger partial charge is 0.322 e. The number of imidazole rings is 1. The Labute approximate surface area is 121 Å². The summed E-state index contributed by atoms with van der Waals surface area (Å²) < 4.78 is 1.86. The molecule has 2 aromatic heterocycles. The second kappa shape index (κ2) is 6.51. The van der Waals surface area contributed by atoms with Gasteiger partial charge in [0.05, 0.1) is 0 Å². The summed E-state index contributed by atoms with van der Waals surface area (Å²) >= 11 is 0. The van der Waals surface area contributed by atoms with Crippen LogP contribution in [0.5, 0.6) is 0 Å². The molecule has 2 N–H and O–H groups in total. The average Bonchev–Trinajstić information content (AvgIpc) is 2.73. The molecular formula is C14H20N4O3. The summed E-state index contributed by atoms with van der Waals surface area (Å²) in [5.41, 5.74) is -0.210. The van der Waals surface area contributed by atoms with Gasteiger partial charge in [0.1, 0.15) is 11.6 Å². The van der Waals surface area contributed by atoms with Gasteiger partial charge in [-0.05, 0) is 26.2 Å². The molecule has 7 nitrogen and oxygen atoms in total. The van der Waals surface area contributed by atoms with Gasteiger partial charge >= 0.3 is 5.69 Å². The van der Waals surface area contributed by atoms with Crippen LogP contribution in [0.25, 0.3) is 11.2 Å². The predicted octanol–water partition coefficient (Wildman–Crippen LogP) is 1.12. The Bertz CT molecular complexity index is 754. The van der Waals surface area contributed by atoms with E-state index in [1.165, 1.54) is 0 Å². The van der Waals surface area contributed by atoms with Crippen molar-refractivity contribution >= 4 is 16.9 Å². The highest BCUT2D eigenvalue weighted by atomic mass is 16.2. The summed E-state index contributed by atoms with van der Waals surface area (Å²) in [4.78, 5) is 43.4. The van der Waals surface area contributed by atoms with Crippen molar-refractivity contribution in [3.8, 4) is 0 Å². The minimum atomic E-state index is -0.545. The van der Waals surface area contributed by atoms with E-state index in [2.05, 4.69) is 15.0 Å². The van der Waals surface area contributed by atoms with Crippen LogP contribution in [0.4, 0.5) is 0 Å². The lowest BCUT2D eigenvalue weighted by atomic mass is 10.1. The average molecular weight is 292 g/mol. The maximum absolute atomic E-state index is 11.9. The zero-order valence-electron chi connectivity index (χ0n) is 12.4. The monoisotopic (exact) mass is 292 g/mol. The molecule has 0 fully saturated rings. The van der Waals surface area contributed by atoms with Gasteiger partial charge in [0.2, 0.25) is 0 Å². The van der Waals surface area contributed by atoms with Crippen molar-refractivity contribution < 1.29 is 4.79 Å². The van der Waals surface area contributed by atoms with Crippen molar-refractivity contribution in [2.24, 2.45) is 0 Å². The molecule has 0 saturated carbocycles. The van der Waals surface area contributed by atoms with Crippen LogP contribution >= 0.6 is 0 Å². The molecule has 2 rings (SSSR count). The molecule has 0 aliphatic carbocycles. The van der Waals surface area contributed by atoms with Gasteiger partial charge in [-0.15, -0.1) is 0 Å². The number of carbonyl (C=O) groups is 1. The molecule has 114 valence electrons. The highest BCUT2D eigenvalue weighted by molar-refractivity contribution is 5.75. The standard InChI is InChI=1S/C14H20N4O3/c1-3-8-18-10(7-5-4-6-9(2)19)15-12-11(18)13(20)17-14(21)16-12/h3-8H2,1-2H3,(H2,16,17,20,21). The first-order chi connectivity index (χ1) is 10.0. The Hall–Kier alpha value is -2.18. The van der Waals surface area contributed by atoms with Crippen LogP contribution in [-0.2, 0) is 17.8 Å². The van der Waals surface area contributed by atoms with E-state index >= 15 is 0 Å². The Morgan fingerprint density at radius 3 is 2.67 bits per heavy atom. The molecule has 0 aliphatic heterocycles. The van der Waals surface area contributed by atoms with Gasteiger partial charge in [0, 0.05) is 19.4 Å². The number of aromatic nitrogens is 4. The second-order valence-corrected chi connectivity index (χ2v) is 5.19. The molecule has 7 heteroatoms. The van der Waals surface area contributed by atoms with E-state index in [-0.39, 0.29) is 5.78 Å². The van der Waals surface area contributed by atoms with Gasteiger partial charge < -0.3 is 9.36 Å². The number of aryl methyl sites for hydroxylation is 2. The summed E-state index contributed by atoms with van der Waals surface area (Å²) in [6.07, 6.45) is 3.74. The number of H-pyrrole nitrogens is 2. The lowest BCUT2D eigenvalue weighted by molar-refractivity contribution is -0.117. The number of rotatable bonds is 7. The summed E-state index contributed by atoms with van der Waals surface area (Å²) in [5, 5.41) is 0. The van der Waals surface area contributed by atoms with Gasteiger partial charge in [-0.1, -0.05) is 6.92 Å². The van der Waals surface area contributed by atoms with E-state index < -0.39 is 11.2 Å². The zero-order valence-corrected chi connectivity index (χ0v) is 12.4. The SMILES string of the molecule is CCCn1c(CCCCC(C)=O)nc2[nH]c(=O)[nH]c(=O)c21. The van der Waals surface area contributed by atoms with Crippen LogP contribution in [0.2, 0.25) is 0 Å². The summed E-state index contributed by atoms with van der Waals surface area (Å²) in [5.74, 6) is 0.959. The van der Waals surface area contributed by atoms with Crippen LogP contribution < -0.4 is 11.2 Å². The van der Waals surface area contributed by atoms with Gasteiger partial charge in [0.15, 0.2) is 11.2 Å². The number of ketones is 1. The van der Waals surface area contributed by atoms with Crippen molar-refractivity contribution in [1.82, 2.24) is 19.5 Å². The number of Topliss-reactive ketones (excluding diaryl/α,β-unsaturated/α-hetero) is 1. The highest BCUT2D eigenvalue weighted by Crippen LogP contribution is 2.13. The quantitative estimate of drug-likeness (QED) is 0.747. The molecule has 0 saturated heterocycles. The molecule has 0 amide bonds. The predicted molar refractivity (Wildman–Crippen MR) is 79.5 cm³/mol. The van der Waals surface area contributed by atoms with Crippen molar-refractivity contribution in [2.75, 3.05) is 0 Å². The third-order valence-corrected chi connectivity index (χ3v) is 3.35. The number of aromatic amines is 2. The fraction of sp³-hybridized carbons (Fsp3) is 0.571. The Balaban J connectivity index is 2.31. The van der Waals surface area contributed by atoms with Gasteiger partial charge in [-0.2, -0.15) is 0 Å². The molecule has 0 atom stereocenters. The summed E-state index contributed by atoms with van der Waals surface area (Å²) in [7, 11) is 0. The molecule has 0 aromatic carbocycles. The van der Waals surface area contributed by atoms with Crippen LogP contribution in [0, 0.1) is 0 Å². The van der Waals surface area contributed by atoms with Crippen LogP contribution in [-0.4, -0.2) is 25.3 Å². The third kappa shape index (κ3) is 3.48. The number of fused-ring (bicyclic) bond motifs is 1. The molecule has 0 spiro atoms. The number of hydrogen-bond acceptors (Lipinski definition) is 4. The molecule has 0 aliphatic rings. The molecular weight excluding hydrogens is 272 g/mol. The number of unbranched alkanes of at least 4 members (excludes halogenated alkanes) is 1. The van der Waals surface area contributed by atoms with E-state index in [1.54, 1.807) is 6.92 Å². The fourth-order valence-electron chi connectivity index (χ4n) is 2.43. The van der Waals surface area contributed by atoms with Crippen LogP contribution in [0.3, 0.4) is 0 Å². The Kier molecular flexibility index (Phi) is 4.72. The van der Waals surface area contributed by atoms with Gasteiger partial charge in [-0.25, -0.2) is 9.78 Å². The van der Waals surface area contributed by atoms with Crippen LogP contribution in [0.1, 0.15) is 45.4 Å². The lowest BCUT2D eigenvalue weighted by Gasteiger charge is -2.06. The fourth-order valence-corrected chi connectivity index (χ4v) is 2.43. The summed E-state index contributed by atoms with van der Waals surface area (Å²) in [6, 6.07) is 0. The molecule has 21 heavy (non-hydrogen) atoms. The van der Waals surface area contributed by atoms with Crippen molar-refractivity contribution in [2.45, 2.75) is 52.5 Å². The molecule has 2 heterocycles.